The first-order valence-electron chi connectivity index (χ1n) is 10.1. The van der Waals surface area contributed by atoms with E-state index in [4.69, 9.17) is 4.74 Å². The van der Waals surface area contributed by atoms with Crippen LogP contribution < -0.4 is 5.32 Å². The summed E-state index contributed by atoms with van der Waals surface area (Å²) >= 11 is 0. The molecule has 1 spiro atoms. The van der Waals surface area contributed by atoms with E-state index in [1.165, 1.54) is 17.1 Å². The van der Waals surface area contributed by atoms with E-state index in [0.29, 0.717) is 30.6 Å². The van der Waals surface area contributed by atoms with Crippen molar-refractivity contribution in [1.82, 2.24) is 40.4 Å². The van der Waals surface area contributed by atoms with Gasteiger partial charge in [-0.2, -0.15) is 4.68 Å². The van der Waals surface area contributed by atoms with E-state index >= 15 is 0 Å². The summed E-state index contributed by atoms with van der Waals surface area (Å²) in [5.41, 5.74) is 1.25. The van der Waals surface area contributed by atoms with E-state index in [-0.39, 0.29) is 23.9 Å². The molecule has 11 heteroatoms. The normalized spacial score (nSPS) is 26.3. The first-order valence-corrected chi connectivity index (χ1v) is 10.1. The number of tetrazole rings is 1. The molecular formula is C19H22N8O3. The van der Waals surface area contributed by atoms with Crippen molar-refractivity contribution in [3.05, 3.63) is 36.2 Å². The second-order valence-electron chi connectivity index (χ2n) is 8.01. The van der Waals surface area contributed by atoms with Gasteiger partial charge in [0.1, 0.15) is 12.9 Å². The number of carbonyl (C=O) groups excluding carboxylic acids is 2. The number of nitrogens with zero attached hydrogens (tertiary/aromatic N) is 7. The molecule has 11 nitrogen and oxygen atoms in total. The fourth-order valence-electron chi connectivity index (χ4n) is 4.53. The summed E-state index contributed by atoms with van der Waals surface area (Å²) in [5.74, 6) is 0.354. The third kappa shape index (κ3) is 3.45. The van der Waals surface area contributed by atoms with Crippen LogP contribution in [0.2, 0.25) is 0 Å². The summed E-state index contributed by atoms with van der Waals surface area (Å²) < 4.78 is 6.42. The molecule has 1 aliphatic carbocycles. The van der Waals surface area contributed by atoms with E-state index in [9.17, 15) is 9.59 Å². The quantitative estimate of drug-likeness (QED) is 0.685. The van der Waals surface area contributed by atoms with Gasteiger partial charge in [0.05, 0.1) is 29.2 Å². The number of esters is 1. The Kier molecular flexibility index (Phi) is 4.74. The SMILES string of the molecule is O=C1C=C(N2CCC3(CCC(NCc4cnc(-n5cnnn5)cn4)CC3)C2=O)CO1. The molecule has 4 heterocycles. The number of nitrogens with one attached hydrogen (secondary N) is 1. The largest absolute Gasteiger partial charge is 0.456 e. The summed E-state index contributed by atoms with van der Waals surface area (Å²) in [7, 11) is 0. The smallest absolute Gasteiger partial charge is 0.333 e. The van der Waals surface area contributed by atoms with Crippen molar-refractivity contribution in [3.8, 4) is 5.82 Å². The second kappa shape index (κ2) is 7.56. The zero-order chi connectivity index (χ0) is 20.6. The predicted octanol–water partition coefficient (Wildman–Crippen LogP) is 0.144. The Morgan fingerprint density at radius 1 is 1.17 bits per heavy atom. The molecule has 0 radical (unpaired) electrons. The molecule has 0 unspecified atom stereocenters. The zero-order valence-corrected chi connectivity index (χ0v) is 16.4. The van der Waals surface area contributed by atoms with Crippen molar-refractivity contribution in [1.29, 1.82) is 0 Å². The number of cyclic esters (lactones) is 1. The van der Waals surface area contributed by atoms with Gasteiger partial charge in [-0.15, -0.1) is 5.10 Å². The average molecular weight is 410 g/mol. The van der Waals surface area contributed by atoms with Crippen molar-refractivity contribution in [2.75, 3.05) is 13.2 Å². The van der Waals surface area contributed by atoms with Gasteiger partial charge in [-0.25, -0.2) is 9.78 Å². The minimum atomic E-state index is -0.360. The highest BCUT2D eigenvalue weighted by Gasteiger charge is 2.49. The lowest BCUT2D eigenvalue weighted by Crippen LogP contribution is -2.42. The Morgan fingerprint density at radius 3 is 2.70 bits per heavy atom. The Labute approximate surface area is 172 Å². The molecule has 1 N–H and O–H groups in total. The van der Waals surface area contributed by atoms with Crippen LogP contribution in [0.5, 0.6) is 0 Å². The molecule has 3 aliphatic rings. The third-order valence-corrected chi connectivity index (χ3v) is 6.30. The minimum Gasteiger partial charge on any atom is -0.456 e. The fourth-order valence-corrected chi connectivity index (χ4v) is 4.53. The van der Waals surface area contributed by atoms with Crippen LogP contribution in [0.25, 0.3) is 5.82 Å². The molecule has 2 fully saturated rings. The highest BCUT2D eigenvalue weighted by Crippen LogP contribution is 2.46. The molecule has 5 rings (SSSR count). The van der Waals surface area contributed by atoms with Gasteiger partial charge in [0.15, 0.2) is 5.82 Å². The number of hydrogen-bond donors (Lipinski definition) is 1. The van der Waals surface area contributed by atoms with Crippen molar-refractivity contribution >= 4 is 11.9 Å². The molecule has 1 saturated heterocycles. The van der Waals surface area contributed by atoms with Crippen LogP contribution in [0.4, 0.5) is 0 Å². The summed E-state index contributed by atoms with van der Waals surface area (Å²) in [5, 5.41) is 14.5. The number of amides is 1. The average Bonchev–Trinajstić information content (AvgIpc) is 3.51. The highest BCUT2D eigenvalue weighted by atomic mass is 16.5. The summed E-state index contributed by atoms with van der Waals surface area (Å²) in [4.78, 5) is 34.9. The van der Waals surface area contributed by atoms with Crippen molar-refractivity contribution in [2.24, 2.45) is 5.41 Å². The lowest BCUT2D eigenvalue weighted by Gasteiger charge is -2.36. The third-order valence-electron chi connectivity index (χ3n) is 6.30. The van der Waals surface area contributed by atoms with Gasteiger partial charge in [-0.1, -0.05) is 0 Å². The Balaban J connectivity index is 1.14. The number of ether oxygens (including phenoxy) is 1. The van der Waals surface area contributed by atoms with Crippen LogP contribution in [0.3, 0.4) is 0 Å². The predicted molar refractivity (Wildman–Crippen MR) is 102 cm³/mol. The monoisotopic (exact) mass is 410 g/mol. The number of aromatic nitrogens is 6. The summed E-state index contributed by atoms with van der Waals surface area (Å²) in [6.07, 6.45) is 10.7. The van der Waals surface area contributed by atoms with Crippen molar-refractivity contribution in [3.63, 3.8) is 0 Å². The fraction of sp³-hybridized carbons (Fsp3) is 0.526. The molecule has 2 aromatic rings. The lowest BCUT2D eigenvalue weighted by atomic mass is 9.71. The van der Waals surface area contributed by atoms with E-state index in [1.807, 2.05) is 0 Å². The Bertz CT molecular complexity index is 964. The van der Waals surface area contributed by atoms with Crippen LogP contribution in [-0.4, -0.2) is 66.1 Å². The van der Waals surface area contributed by atoms with Crippen LogP contribution in [-0.2, 0) is 20.9 Å². The van der Waals surface area contributed by atoms with Gasteiger partial charge in [0, 0.05) is 25.2 Å². The summed E-state index contributed by atoms with van der Waals surface area (Å²) in [6.45, 7) is 1.49. The first-order chi connectivity index (χ1) is 14.6. The van der Waals surface area contributed by atoms with E-state index < -0.39 is 0 Å². The number of likely N-dealkylation sites (tertiary alicyclic amines) is 1. The van der Waals surface area contributed by atoms with Crippen LogP contribution in [0, 0.1) is 5.41 Å². The van der Waals surface area contributed by atoms with Gasteiger partial charge < -0.3 is 15.0 Å². The van der Waals surface area contributed by atoms with Gasteiger partial charge in [-0.05, 0) is 42.5 Å². The zero-order valence-electron chi connectivity index (χ0n) is 16.4. The summed E-state index contributed by atoms with van der Waals surface area (Å²) in [6, 6.07) is 0.342. The van der Waals surface area contributed by atoms with Gasteiger partial charge in [-0.3, -0.25) is 9.78 Å². The minimum absolute atomic E-state index is 0.148. The number of rotatable bonds is 5. The van der Waals surface area contributed by atoms with Crippen LogP contribution in [0.1, 0.15) is 37.8 Å². The Hall–Kier alpha value is -3.21. The van der Waals surface area contributed by atoms with E-state index in [1.54, 1.807) is 17.3 Å². The molecule has 156 valence electrons. The maximum atomic E-state index is 13.1. The molecule has 2 aromatic heterocycles. The molecular weight excluding hydrogens is 388 g/mol. The molecule has 2 aliphatic heterocycles. The molecule has 1 amide bonds. The van der Waals surface area contributed by atoms with Gasteiger partial charge in [0.25, 0.3) is 0 Å². The lowest BCUT2D eigenvalue weighted by molar-refractivity contribution is -0.138. The van der Waals surface area contributed by atoms with E-state index in [2.05, 4.69) is 30.8 Å². The molecule has 0 aromatic carbocycles. The molecule has 0 atom stereocenters. The number of hydrogen-bond acceptors (Lipinski definition) is 9. The highest BCUT2D eigenvalue weighted by molar-refractivity contribution is 5.90. The molecule has 30 heavy (non-hydrogen) atoms. The van der Waals surface area contributed by atoms with Crippen molar-refractivity contribution < 1.29 is 14.3 Å². The standard InChI is InChI=1S/C19H22N8O3/c28-17-7-15(11-30-17)26-6-5-19(18(26)29)3-1-13(2-4-19)20-8-14-9-22-16(10-21-14)27-12-23-24-25-27/h7,9-10,12-13,20H,1-6,8,11H2. The Morgan fingerprint density at radius 2 is 2.03 bits per heavy atom. The van der Waals surface area contributed by atoms with Crippen molar-refractivity contribution in [2.45, 2.75) is 44.7 Å². The topological polar surface area (TPSA) is 128 Å². The molecule has 1 saturated carbocycles. The number of carbonyl (C=O) groups is 2. The molecule has 0 bridgehead atoms. The maximum absolute atomic E-state index is 13.1. The van der Waals surface area contributed by atoms with Gasteiger partial charge >= 0.3 is 5.97 Å². The van der Waals surface area contributed by atoms with E-state index in [0.717, 1.165) is 37.8 Å². The maximum Gasteiger partial charge on any atom is 0.333 e. The van der Waals surface area contributed by atoms with Gasteiger partial charge in [0.2, 0.25) is 5.91 Å². The second-order valence-corrected chi connectivity index (χ2v) is 8.01. The van der Waals surface area contributed by atoms with Crippen LogP contribution >= 0.6 is 0 Å². The van der Waals surface area contributed by atoms with Crippen LogP contribution in [0.15, 0.2) is 30.5 Å². The first kappa shape index (κ1) is 18.8.